The molecule has 0 saturated carbocycles. The van der Waals surface area contributed by atoms with Gasteiger partial charge in [-0.15, -0.1) is 5.92 Å². The van der Waals surface area contributed by atoms with E-state index < -0.39 is 11.8 Å². The predicted octanol–water partition coefficient (Wildman–Crippen LogP) is 1.48. The molecule has 0 spiro atoms. The first kappa shape index (κ1) is 8.83. The summed E-state index contributed by atoms with van der Waals surface area (Å²) in [6.07, 6.45) is -1.30. The average Bonchev–Trinajstić information content (AvgIpc) is 1.59. The van der Waals surface area contributed by atoms with Crippen LogP contribution in [-0.4, -0.2) is 16.9 Å². The SMILES string of the molecule is CC#CC(C)(C)OC(=O)O. The zero-order chi connectivity index (χ0) is 8.20. The smallest absolute Gasteiger partial charge is 0.450 e. The molecule has 0 aliphatic rings. The average molecular weight is 142 g/mol. The maximum Gasteiger partial charge on any atom is 0.507 e. The molecule has 10 heavy (non-hydrogen) atoms. The number of ether oxygens (including phenoxy) is 1. The van der Waals surface area contributed by atoms with Crippen LogP contribution < -0.4 is 0 Å². The normalized spacial score (nSPS) is 9.50. The molecule has 0 aromatic heterocycles. The molecule has 0 aromatic carbocycles. The highest BCUT2D eigenvalue weighted by Gasteiger charge is 2.18. The van der Waals surface area contributed by atoms with E-state index in [1.165, 1.54) is 0 Å². The van der Waals surface area contributed by atoms with Crippen LogP contribution in [0.4, 0.5) is 4.79 Å². The lowest BCUT2D eigenvalue weighted by Gasteiger charge is -2.15. The second-order valence-electron chi connectivity index (χ2n) is 2.25. The van der Waals surface area contributed by atoms with E-state index in [0.29, 0.717) is 0 Å². The van der Waals surface area contributed by atoms with E-state index >= 15 is 0 Å². The van der Waals surface area contributed by atoms with Crippen molar-refractivity contribution in [2.24, 2.45) is 0 Å². The van der Waals surface area contributed by atoms with E-state index in [1.54, 1.807) is 20.8 Å². The van der Waals surface area contributed by atoms with Crippen molar-refractivity contribution in [3.63, 3.8) is 0 Å². The van der Waals surface area contributed by atoms with Gasteiger partial charge in [-0.2, -0.15) is 0 Å². The highest BCUT2D eigenvalue weighted by molar-refractivity contribution is 5.58. The fourth-order valence-corrected chi connectivity index (χ4v) is 0.545. The summed E-state index contributed by atoms with van der Waals surface area (Å²) in [7, 11) is 0. The van der Waals surface area contributed by atoms with Crippen LogP contribution in [0.1, 0.15) is 20.8 Å². The Labute approximate surface area is 60.0 Å². The first-order valence-electron chi connectivity index (χ1n) is 2.84. The number of carbonyl (C=O) groups is 1. The molecule has 1 N–H and O–H groups in total. The van der Waals surface area contributed by atoms with Crippen molar-refractivity contribution in [3.8, 4) is 11.8 Å². The standard InChI is InChI=1S/C7H10O3/c1-4-5-7(2,3)10-6(8)9/h1-3H3,(H,8,9). The largest absolute Gasteiger partial charge is 0.507 e. The molecule has 0 saturated heterocycles. The number of hydrogen-bond donors (Lipinski definition) is 1. The fraction of sp³-hybridized carbons (Fsp3) is 0.571. The third kappa shape index (κ3) is 3.79. The number of carboxylic acid groups (broad SMARTS) is 1. The molecule has 3 heteroatoms. The molecule has 3 nitrogen and oxygen atoms in total. The van der Waals surface area contributed by atoms with Crippen molar-refractivity contribution < 1.29 is 14.6 Å². The van der Waals surface area contributed by atoms with Gasteiger partial charge in [-0.1, -0.05) is 5.92 Å². The van der Waals surface area contributed by atoms with Gasteiger partial charge in [-0.3, -0.25) is 0 Å². The maximum atomic E-state index is 10.00. The van der Waals surface area contributed by atoms with Gasteiger partial charge in [0.05, 0.1) is 0 Å². The van der Waals surface area contributed by atoms with Crippen molar-refractivity contribution in [1.29, 1.82) is 0 Å². The van der Waals surface area contributed by atoms with Gasteiger partial charge in [0.2, 0.25) is 0 Å². The zero-order valence-electron chi connectivity index (χ0n) is 6.26. The minimum Gasteiger partial charge on any atom is -0.450 e. The lowest BCUT2D eigenvalue weighted by molar-refractivity contribution is 0.0356. The molecule has 0 heterocycles. The minimum atomic E-state index is -1.30. The lowest BCUT2D eigenvalue weighted by Crippen LogP contribution is -2.24. The number of rotatable bonds is 1. The van der Waals surface area contributed by atoms with Gasteiger partial charge in [0.15, 0.2) is 5.60 Å². The molecule has 0 bridgehead atoms. The van der Waals surface area contributed by atoms with Gasteiger partial charge in [0, 0.05) is 0 Å². The second kappa shape index (κ2) is 3.11. The van der Waals surface area contributed by atoms with Gasteiger partial charge in [0.25, 0.3) is 0 Å². The summed E-state index contributed by atoms with van der Waals surface area (Å²) in [6.45, 7) is 4.82. The van der Waals surface area contributed by atoms with E-state index in [4.69, 9.17) is 5.11 Å². The maximum absolute atomic E-state index is 10.00. The molecule has 56 valence electrons. The van der Waals surface area contributed by atoms with Crippen LogP contribution in [0.25, 0.3) is 0 Å². The summed E-state index contributed by atoms with van der Waals surface area (Å²) in [5.41, 5.74) is -0.888. The summed E-state index contributed by atoms with van der Waals surface area (Å²) in [5.74, 6) is 5.18. The Morgan fingerprint density at radius 3 is 2.40 bits per heavy atom. The van der Waals surface area contributed by atoms with Gasteiger partial charge in [0.1, 0.15) is 0 Å². The minimum absolute atomic E-state index is 0.888. The molecule has 0 radical (unpaired) electrons. The van der Waals surface area contributed by atoms with Crippen LogP contribution in [0.3, 0.4) is 0 Å². The van der Waals surface area contributed by atoms with Gasteiger partial charge in [-0.05, 0) is 20.8 Å². The first-order valence-corrected chi connectivity index (χ1v) is 2.84. The topological polar surface area (TPSA) is 46.5 Å². The van der Waals surface area contributed by atoms with Gasteiger partial charge in [-0.25, -0.2) is 4.79 Å². The Morgan fingerprint density at radius 1 is 1.60 bits per heavy atom. The molecule has 0 fully saturated rings. The Morgan fingerprint density at radius 2 is 2.10 bits per heavy atom. The molecule has 0 rings (SSSR count). The molecule has 0 unspecified atom stereocenters. The fourth-order valence-electron chi connectivity index (χ4n) is 0.545. The summed E-state index contributed by atoms with van der Waals surface area (Å²) >= 11 is 0. The third-order valence-corrected chi connectivity index (χ3v) is 0.768. The Hall–Kier alpha value is -1.17. The Balaban J connectivity index is 4.08. The van der Waals surface area contributed by atoms with E-state index in [0.717, 1.165) is 0 Å². The van der Waals surface area contributed by atoms with Crippen LogP contribution in [0.2, 0.25) is 0 Å². The van der Waals surface area contributed by atoms with Crippen molar-refractivity contribution in [2.75, 3.05) is 0 Å². The molecular weight excluding hydrogens is 132 g/mol. The van der Waals surface area contributed by atoms with Crippen LogP contribution in [0.15, 0.2) is 0 Å². The second-order valence-corrected chi connectivity index (χ2v) is 2.25. The first-order chi connectivity index (χ1) is 4.48. The van der Waals surface area contributed by atoms with Crippen LogP contribution in [0.5, 0.6) is 0 Å². The third-order valence-electron chi connectivity index (χ3n) is 0.768. The predicted molar refractivity (Wildman–Crippen MR) is 36.6 cm³/mol. The van der Waals surface area contributed by atoms with E-state index in [1.807, 2.05) is 0 Å². The molecular formula is C7H10O3. The van der Waals surface area contributed by atoms with Crippen LogP contribution >= 0.6 is 0 Å². The summed E-state index contributed by atoms with van der Waals surface area (Å²) in [4.78, 5) is 10.00. The highest BCUT2D eigenvalue weighted by Crippen LogP contribution is 2.06. The van der Waals surface area contributed by atoms with Crippen molar-refractivity contribution in [3.05, 3.63) is 0 Å². The van der Waals surface area contributed by atoms with Crippen LogP contribution in [-0.2, 0) is 4.74 Å². The van der Waals surface area contributed by atoms with E-state index in [9.17, 15) is 4.79 Å². The van der Waals surface area contributed by atoms with Gasteiger partial charge < -0.3 is 9.84 Å². The molecule has 0 aliphatic heterocycles. The summed E-state index contributed by atoms with van der Waals surface area (Å²) in [6, 6.07) is 0. The summed E-state index contributed by atoms with van der Waals surface area (Å²) < 4.78 is 4.42. The van der Waals surface area contributed by atoms with E-state index in [-0.39, 0.29) is 0 Å². The quantitative estimate of drug-likeness (QED) is 0.445. The number of hydrogen-bond acceptors (Lipinski definition) is 2. The van der Waals surface area contributed by atoms with Crippen LogP contribution in [0, 0.1) is 11.8 Å². The highest BCUT2D eigenvalue weighted by atomic mass is 16.7. The Kier molecular flexibility index (Phi) is 2.75. The van der Waals surface area contributed by atoms with Gasteiger partial charge >= 0.3 is 6.16 Å². The summed E-state index contributed by atoms with van der Waals surface area (Å²) in [5, 5.41) is 8.19. The molecule has 0 aromatic rings. The molecule has 0 aliphatic carbocycles. The van der Waals surface area contributed by atoms with Crippen molar-refractivity contribution in [1.82, 2.24) is 0 Å². The zero-order valence-corrected chi connectivity index (χ0v) is 6.26. The molecule has 0 amide bonds. The molecule has 0 atom stereocenters. The Bertz CT molecular complexity index is 183. The van der Waals surface area contributed by atoms with Crippen molar-refractivity contribution >= 4 is 6.16 Å². The van der Waals surface area contributed by atoms with Crippen molar-refractivity contribution in [2.45, 2.75) is 26.4 Å². The van der Waals surface area contributed by atoms with E-state index in [2.05, 4.69) is 16.6 Å². The monoisotopic (exact) mass is 142 g/mol. The lowest BCUT2D eigenvalue weighted by atomic mass is 10.1.